The zero-order valence-electron chi connectivity index (χ0n) is 12.6. The van der Waals surface area contributed by atoms with Crippen LogP contribution in [-0.4, -0.2) is 9.38 Å². The van der Waals surface area contributed by atoms with Gasteiger partial charge in [-0.15, -0.1) is 0 Å². The van der Waals surface area contributed by atoms with Crippen molar-refractivity contribution >= 4 is 33.4 Å². The largest absolute Gasteiger partial charge is 0.274 e. The van der Waals surface area contributed by atoms with E-state index in [-0.39, 0.29) is 11.4 Å². The lowest BCUT2D eigenvalue weighted by Crippen LogP contribution is -2.22. The van der Waals surface area contributed by atoms with Crippen molar-refractivity contribution in [2.75, 3.05) is 0 Å². The molecule has 0 amide bonds. The molecule has 23 heavy (non-hydrogen) atoms. The fourth-order valence-corrected chi connectivity index (χ4v) is 3.66. The molecule has 4 rings (SSSR count). The first-order chi connectivity index (χ1) is 11.0. The molecule has 2 aromatic carbocycles. The molecular weight excluding hydrogens is 311 g/mol. The van der Waals surface area contributed by atoms with E-state index in [1.807, 2.05) is 26.0 Å². The first-order valence-corrected chi connectivity index (χ1v) is 8.05. The van der Waals surface area contributed by atoms with Crippen LogP contribution < -0.4 is 10.1 Å². The third-order valence-corrected chi connectivity index (χ3v) is 5.07. The summed E-state index contributed by atoms with van der Waals surface area (Å²) in [5.41, 5.74) is 4.69. The van der Waals surface area contributed by atoms with Crippen molar-refractivity contribution in [2.45, 2.75) is 13.8 Å². The van der Waals surface area contributed by atoms with E-state index < -0.39 is 0 Å². The average molecular weight is 324 g/mol. The Kier molecular flexibility index (Phi) is 3.06. The van der Waals surface area contributed by atoms with Crippen LogP contribution in [0.2, 0.25) is 0 Å². The maximum Gasteiger partial charge on any atom is 0.274 e. The molecule has 0 unspecified atom stereocenters. The van der Waals surface area contributed by atoms with Crippen LogP contribution in [0.25, 0.3) is 22.1 Å². The Hall–Kier alpha value is -2.53. The summed E-state index contributed by atoms with van der Waals surface area (Å²) in [6, 6.07) is 10.0. The molecule has 0 aliphatic carbocycles. The van der Waals surface area contributed by atoms with Gasteiger partial charge in [-0.1, -0.05) is 29.5 Å². The van der Waals surface area contributed by atoms with Gasteiger partial charge in [0.15, 0.2) is 4.96 Å². The van der Waals surface area contributed by atoms with Crippen molar-refractivity contribution < 1.29 is 4.39 Å². The summed E-state index contributed by atoms with van der Waals surface area (Å²) < 4.78 is 15.2. The zero-order valence-corrected chi connectivity index (χ0v) is 13.4. The molecule has 0 fully saturated rings. The van der Waals surface area contributed by atoms with Crippen molar-refractivity contribution in [3.05, 3.63) is 73.8 Å². The highest BCUT2D eigenvalue weighted by atomic mass is 32.1. The molecule has 114 valence electrons. The molecule has 3 nitrogen and oxygen atoms in total. The third-order valence-electron chi connectivity index (χ3n) is 4.10. The number of aryl methyl sites for hydroxylation is 2. The molecule has 0 N–H and O–H groups in total. The number of nitrogens with zero attached hydrogens (tertiary/aromatic N) is 2. The van der Waals surface area contributed by atoms with E-state index in [1.165, 1.54) is 23.5 Å². The van der Waals surface area contributed by atoms with Crippen molar-refractivity contribution in [1.29, 1.82) is 0 Å². The molecule has 0 aliphatic heterocycles. The van der Waals surface area contributed by atoms with Crippen LogP contribution in [0, 0.1) is 19.7 Å². The minimum atomic E-state index is -0.290. The second-order valence-corrected chi connectivity index (χ2v) is 6.58. The van der Waals surface area contributed by atoms with Crippen molar-refractivity contribution in [3.63, 3.8) is 0 Å². The van der Waals surface area contributed by atoms with Crippen molar-refractivity contribution in [1.82, 2.24) is 9.38 Å². The summed E-state index contributed by atoms with van der Waals surface area (Å²) in [5.74, 6) is -0.290. The highest BCUT2D eigenvalue weighted by Gasteiger charge is 2.13. The van der Waals surface area contributed by atoms with Crippen LogP contribution >= 0.6 is 11.3 Å². The zero-order chi connectivity index (χ0) is 16.1. The number of rotatable bonds is 1. The van der Waals surface area contributed by atoms with Gasteiger partial charge in [-0.05, 0) is 54.8 Å². The van der Waals surface area contributed by atoms with Crippen LogP contribution in [0.4, 0.5) is 4.39 Å². The molecule has 0 radical (unpaired) electrons. The normalized spacial score (nSPS) is 12.6. The highest BCUT2D eigenvalue weighted by molar-refractivity contribution is 7.15. The summed E-state index contributed by atoms with van der Waals surface area (Å²) in [5, 5.41) is 0. The molecule has 0 saturated carbocycles. The molecule has 0 atom stereocenters. The molecule has 4 aromatic rings. The van der Waals surface area contributed by atoms with Crippen molar-refractivity contribution in [2.24, 2.45) is 0 Å². The first-order valence-electron chi connectivity index (χ1n) is 7.23. The molecule has 2 aromatic heterocycles. The number of fused-ring (bicyclic) bond motifs is 3. The molecule has 0 bridgehead atoms. The number of thiazole rings is 1. The number of hydrogen-bond donors (Lipinski definition) is 0. The second-order valence-electron chi connectivity index (χ2n) is 5.57. The van der Waals surface area contributed by atoms with Crippen LogP contribution in [0.15, 0.2) is 41.2 Å². The van der Waals surface area contributed by atoms with Crippen molar-refractivity contribution in [3.8, 4) is 0 Å². The Morgan fingerprint density at radius 2 is 1.87 bits per heavy atom. The maximum absolute atomic E-state index is 13.0. The van der Waals surface area contributed by atoms with Gasteiger partial charge in [0, 0.05) is 0 Å². The molecule has 0 spiro atoms. The molecule has 2 heterocycles. The van der Waals surface area contributed by atoms with E-state index in [9.17, 15) is 9.18 Å². The lowest BCUT2D eigenvalue weighted by atomic mass is 10.1. The predicted molar refractivity (Wildman–Crippen MR) is 91.5 cm³/mol. The Morgan fingerprint density at radius 3 is 2.61 bits per heavy atom. The van der Waals surface area contributed by atoms with Gasteiger partial charge in [0.2, 0.25) is 0 Å². The summed E-state index contributed by atoms with van der Waals surface area (Å²) in [6.07, 6.45) is 1.77. The van der Waals surface area contributed by atoms with E-state index in [2.05, 4.69) is 4.98 Å². The molecule has 0 aliphatic rings. The maximum atomic E-state index is 13.0. The second kappa shape index (κ2) is 4.99. The van der Waals surface area contributed by atoms with E-state index in [4.69, 9.17) is 0 Å². The van der Waals surface area contributed by atoms with Crippen LogP contribution in [0.3, 0.4) is 0 Å². The quantitative estimate of drug-likeness (QED) is 0.539. The van der Waals surface area contributed by atoms with Gasteiger partial charge in [0.05, 0.1) is 15.6 Å². The Balaban J connectivity index is 2.01. The minimum Gasteiger partial charge on any atom is -0.267 e. The topological polar surface area (TPSA) is 34.4 Å². The predicted octanol–water partition coefficient (Wildman–Crippen LogP) is 3.21. The number of aromatic nitrogens is 2. The van der Waals surface area contributed by atoms with Gasteiger partial charge < -0.3 is 0 Å². The number of halogens is 1. The fourth-order valence-electron chi connectivity index (χ4n) is 2.68. The Bertz CT molecular complexity index is 1160. The lowest BCUT2D eigenvalue weighted by molar-refractivity contribution is 0.628. The first kappa shape index (κ1) is 14.1. The summed E-state index contributed by atoms with van der Waals surface area (Å²) >= 11 is 1.35. The average Bonchev–Trinajstić information content (AvgIpc) is 3.04. The Labute approximate surface area is 135 Å². The van der Waals surface area contributed by atoms with E-state index in [0.717, 1.165) is 27.7 Å². The number of hydrogen-bond acceptors (Lipinski definition) is 3. The number of benzene rings is 2. The van der Waals surface area contributed by atoms with Gasteiger partial charge in [-0.2, -0.15) is 0 Å². The third kappa shape index (κ3) is 2.16. The van der Waals surface area contributed by atoms with Gasteiger partial charge in [-0.25, -0.2) is 13.8 Å². The SMILES string of the molecule is Cc1ccc2c(nc3s/c(=C\c4ccc(F)cc4)c(=O)n32)c1C. The van der Waals surface area contributed by atoms with Crippen LogP contribution in [0.1, 0.15) is 16.7 Å². The molecule has 5 heteroatoms. The van der Waals surface area contributed by atoms with Gasteiger partial charge in [0.1, 0.15) is 5.82 Å². The molecular formula is C18H13FN2OS. The van der Waals surface area contributed by atoms with Gasteiger partial charge >= 0.3 is 0 Å². The van der Waals surface area contributed by atoms with Gasteiger partial charge in [0.25, 0.3) is 5.56 Å². The van der Waals surface area contributed by atoms with E-state index in [0.29, 0.717) is 9.49 Å². The van der Waals surface area contributed by atoms with Crippen LogP contribution in [0.5, 0.6) is 0 Å². The monoisotopic (exact) mass is 324 g/mol. The minimum absolute atomic E-state index is 0.0833. The Morgan fingerprint density at radius 1 is 1.13 bits per heavy atom. The molecule has 0 saturated heterocycles. The summed E-state index contributed by atoms with van der Waals surface area (Å²) in [6.45, 7) is 4.05. The van der Waals surface area contributed by atoms with E-state index >= 15 is 0 Å². The van der Waals surface area contributed by atoms with Gasteiger partial charge in [-0.3, -0.25) is 4.79 Å². The summed E-state index contributed by atoms with van der Waals surface area (Å²) in [7, 11) is 0. The number of imidazole rings is 1. The fraction of sp³-hybridized carbons (Fsp3) is 0.111. The standard InChI is InChI=1S/C18H13FN2OS/c1-10-3-8-14-16(11(10)2)20-18-21(14)17(22)15(23-18)9-12-4-6-13(19)7-5-12/h3-9H,1-2H3/b15-9-. The lowest BCUT2D eigenvalue weighted by Gasteiger charge is -1.99. The smallest absolute Gasteiger partial charge is 0.267 e. The highest BCUT2D eigenvalue weighted by Crippen LogP contribution is 2.22. The summed E-state index contributed by atoms with van der Waals surface area (Å²) in [4.78, 5) is 18.0. The van der Waals surface area contributed by atoms with Crippen LogP contribution in [-0.2, 0) is 0 Å². The van der Waals surface area contributed by atoms with E-state index in [1.54, 1.807) is 22.6 Å².